The number of amides is 2. The number of anilines is 1. The molecule has 10 heteroatoms. The van der Waals surface area contributed by atoms with Crippen LogP contribution in [0, 0.1) is 32.1 Å². The predicted molar refractivity (Wildman–Crippen MR) is 80.7 cm³/mol. The molecule has 0 aromatic heterocycles. The van der Waals surface area contributed by atoms with Crippen molar-refractivity contribution in [3.63, 3.8) is 0 Å². The third-order valence-corrected chi connectivity index (χ3v) is 4.46. The number of imide groups is 1. The standard InChI is InChI=1S/C14H14N4O6/c19-13-9-3-1-2-4-10(9)14(20)16(13)15-11-6-5-8(17(21)22)7-12(11)18(23)24/h5-7,9-10,15H,1-4H2/t9-,10-/m1/s1. The van der Waals surface area contributed by atoms with Crippen LogP contribution in [0.15, 0.2) is 18.2 Å². The lowest BCUT2D eigenvalue weighted by atomic mass is 9.81. The van der Waals surface area contributed by atoms with Gasteiger partial charge in [-0.25, -0.2) is 0 Å². The number of hydrogen-bond acceptors (Lipinski definition) is 7. The first kappa shape index (κ1) is 15.8. The number of fused-ring (bicyclic) bond motifs is 1. The van der Waals surface area contributed by atoms with Crippen molar-refractivity contribution in [1.29, 1.82) is 0 Å². The number of carbonyl (C=O) groups is 2. The van der Waals surface area contributed by atoms with Crippen LogP contribution in [0.1, 0.15) is 25.7 Å². The molecule has 2 aliphatic rings. The zero-order valence-electron chi connectivity index (χ0n) is 12.5. The summed E-state index contributed by atoms with van der Waals surface area (Å²) in [6, 6.07) is 2.99. The Labute approximate surface area is 135 Å². The molecule has 1 aromatic carbocycles. The van der Waals surface area contributed by atoms with Crippen LogP contribution in [0.2, 0.25) is 0 Å². The fourth-order valence-electron chi connectivity index (χ4n) is 3.27. The predicted octanol–water partition coefficient (Wildman–Crippen LogP) is 2.01. The second-order valence-electron chi connectivity index (χ2n) is 5.84. The van der Waals surface area contributed by atoms with Gasteiger partial charge in [-0.15, -0.1) is 0 Å². The molecule has 1 aromatic rings. The maximum absolute atomic E-state index is 12.4. The average Bonchev–Trinajstić information content (AvgIpc) is 2.80. The number of hydrazine groups is 1. The highest BCUT2D eigenvalue weighted by atomic mass is 16.6. The summed E-state index contributed by atoms with van der Waals surface area (Å²) in [7, 11) is 0. The number of benzene rings is 1. The van der Waals surface area contributed by atoms with E-state index in [4.69, 9.17) is 0 Å². The van der Waals surface area contributed by atoms with Gasteiger partial charge in [-0.2, -0.15) is 5.01 Å². The normalized spacial score (nSPS) is 23.1. The molecular weight excluding hydrogens is 320 g/mol. The van der Waals surface area contributed by atoms with Gasteiger partial charge >= 0.3 is 5.69 Å². The van der Waals surface area contributed by atoms with E-state index in [2.05, 4.69) is 5.43 Å². The second-order valence-corrected chi connectivity index (χ2v) is 5.84. The number of nitrogens with zero attached hydrogens (tertiary/aromatic N) is 3. The Morgan fingerprint density at radius 3 is 2.08 bits per heavy atom. The molecule has 10 nitrogen and oxygen atoms in total. The van der Waals surface area contributed by atoms with E-state index in [0.29, 0.717) is 12.8 Å². The number of hydrogen-bond donors (Lipinski definition) is 1. The van der Waals surface area contributed by atoms with E-state index in [0.717, 1.165) is 36.0 Å². The van der Waals surface area contributed by atoms with E-state index in [1.165, 1.54) is 0 Å². The summed E-state index contributed by atoms with van der Waals surface area (Å²) in [5.74, 6) is -1.60. The lowest BCUT2D eigenvalue weighted by Crippen LogP contribution is -2.36. The van der Waals surface area contributed by atoms with E-state index in [1.54, 1.807) is 0 Å². The highest BCUT2D eigenvalue weighted by Crippen LogP contribution is 2.39. The van der Waals surface area contributed by atoms with Gasteiger partial charge in [-0.3, -0.25) is 35.2 Å². The minimum atomic E-state index is -0.798. The van der Waals surface area contributed by atoms with Gasteiger partial charge in [0.05, 0.1) is 27.7 Å². The molecule has 2 fully saturated rings. The molecule has 1 aliphatic heterocycles. The average molecular weight is 334 g/mol. The fraction of sp³-hybridized carbons (Fsp3) is 0.429. The maximum Gasteiger partial charge on any atom is 0.300 e. The Morgan fingerprint density at radius 2 is 1.58 bits per heavy atom. The van der Waals surface area contributed by atoms with Gasteiger partial charge in [0.25, 0.3) is 17.5 Å². The number of nitro groups is 2. The summed E-state index contributed by atoms with van der Waals surface area (Å²) >= 11 is 0. The van der Waals surface area contributed by atoms with Crippen LogP contribution >= 0.6 is 0 Å². The van der Waals surface area contributed by atoms with Crippen molar-refractivity contribution in [2.45, 2.75) is 25.7 Å². The zero-order chi connectivity index (χ0) is 17.4. The van der Waals surface area contributed by atoms with Gasteiger partial charge < -0.3 is 0 Å². The Kier molecular flexibility index (Phi) is 3.87. The largest absolute Gasteiger partial charge is 0.300 e. The SMILES string of the molecule is O=C1[C@@H]2CCCC[C@H]2C(=O)N1Nc1ccc([N+](=O)[O-])cc1[N+](=O)[O-]. The summed E-state index contributed by atoms with van der Waals surface area (Å²) in [6.45, 7) is 0. The molecule has 1 aliphatic carbocycles. The number of rotatable bonds is 4. The Balaban J connectivity index is 1.90. The quantitative estimate of drug-likeness (QED) is 0.505. The molecule has 0 unspecified atom stereocenters. The summed E-state index contributed by atoms with van der Waals surface area (Å²) in [5, 5.41) is 22.7. The zero-order valence-corrected chi connectivity index (χ0v) is 12.5. The Hall–Kier alpha value is -3.04. The Morgan fingerprint density at radius 1 is 1.00 bits per heavy atom. The van der Waals surface area contributed by atoms with Gasteiger partial charge in [0.15, 0.2) is 0 Å². The van der Waals surface area contributed by atoms with Crippen LogP contribution < -0.4 is 5.43 Å². The fourth-order valence-corrected chi connectivity index (χ4v) is 3.27. The van der Waals surface area contributed by atoms with Crippen LogP contribution in [0.4, 0.5) is 17.1 Å². The minimum absolute atomic E-state index is 0.133. The van der Waals surface area contributed by atoms with Crippen molar-refractivity contribution < 1.29 is 19.4 Å². The van der Waals surface area contributed by atoms with Crippen molar-refractivity contribution in [2.75, 3.05) is 5.43 Å². The molecule has 1 heterocycles. The summed E-state index contributed by atoms with van der Waals surface area (Å²) in [5.41, 5.74) is 1.34. The number of carbonyl (C=O) groups excluding carboxylic acids is 2. The van der Waals surface area contributed by atoms with Crippen LogP contribution in [0.25, 0.3) is 0 Å². The highest BCUT2D eigenvalue weighted by Gasteiger charge is 2.49. The third kappa shape index (κ3) is 2.55. The summed E-state index contributed by atoms with van der Waals surface area (Å²) in [4.78, 5) is 45.1. The molecule has 126 valence electrons. The summed E-state index contributed by atoms with van der Waals surface area (Å²) < 4.78 is 0. The number of nitro benzene ring substituents is 2. The number of non-ortho nitro benzene ring substituents is 1. The number of nitrogens with one attached hydrogen (secondary N) is 1. The molecular formula is C14H14N4O6. The molecule has 0 bridgehead atoms. The highest BCUT2D eigenvalue weighted by molar-refractivity contribution is 6.06. The molecule has 1 N–H and O–H groups in total. The molecule has 0 spiro atoms. The van der Waals surface area contributed by atoms with Crippen molar-refractivity contribution in [3.05, 3.63) is 38.4 Å². The monoisotopic (exact) mass is 334 g/mol. The Bertz CT molecular complexity index is 725. The van der Waals surface area contributed by atoms with E-state index >= 15 is 0 Å². The van der Waals surface area contributed by atoms with Crippen molar-refractivity contribution in [3.8, 4) is 0 Å². The van der Waals surface area contributed by atoms with Crippen LogP contribution in [-0.2, 0) is 9.59 Å². The molecule has 2 amide bonds. The van der Waals surface area contributed by atoms with E-state index in [-0.39, 0.29) is 5.69 Å². The first-order valence-electron chi connectivity index (χ1n) is 7.47. The maximum atomic E-state index is 12.4. The first-order valence-corrected chi connectivity index (χ1v) is 7.47. The van der Waals surface area contributed by atoms with Gasteiger partial charge in [0.1, 0.15) is 5.69 Å². The lowest BCUT2D eigenvalue weighted by Gasteiger charge is -2.19. The first-order chi connectivity index (χ1) is 11.4. The van der Waals surface area contributed by atoms with Crippen LogP contribution in [0.3, 0.4) is 0 Å². The molecule has 1 saturated carbocycles. The van der Waals surface area contributed by atoms with Crippen molar-refractivity contribution >= 4 is 28.9 Å². The second kappa shape index (κ2) is 5.87. The van der Waals surface area contributed by atoms with Gasteiger partial charge in [-0.05, 0) is 18.9 Å². The van der Waals surface area contributed by atoms with Gasteiger partial charge in [0.2, 0.25) is 0 Å². The van der Waals surface area contributed by atoms with Crippen LogP contribution in [-0.4, -0.2) is 26.7 Å². The van der Waals surface area contributed by atoms with Crippen LogP contribution in [0.5, 0.6) is 0 Å². The molecule has 3 rings (SSSR count). The van der Waals surface area contributed by atoms with E-state index < -0.39 is 44.9 Å². The topological polar surface area (TPSA) is 136 Å². The molecule has 24 heavy (non-hydrogen) atoms. The lowest BCUT2D eigenvalue weighted by molar-refractivity contribution is -0.393. The molecule has 1 saturated heterocycles. The van der Waals surface area contributed by atoms with Crippen molar-refractivity contribution in [2.24, 2.45) is 11.8 Å². The van der Waals surface area contributed by atoms with E-state index in [9.17, 15) is 29.8 Å². The van der Waals surface area contributed by atoms with Crippen molar-refractivity contribution in [1.82, 2.24) is 5.01 Å². The third-order valence-electron chi connectivity index (χ3n) is 4.46. The van der Waals surface area contributed by atoms with Gasteiger partial charge in [-0.1, -0.05) is 12.8 Å². The minimum Gasteiger partial charge on any atom is -0.282 e. The molecule has 0 radical (unpaired) electrons. The molecule has 2 atom stereocenters. The summed E-state index contributed by atoms with van der Waals surface area (Å²) in [6.07, 6.45) is 2.98. The smallest absolute Gasteiger partial charge is 0.282 e. The van der Waals surface area contributed by atoms with E-state index in [1.807, 2.05) is 0 Å². The van der Waals surface area contributed by atoms with Gasteiger partial charge in [0, 0.05) is 6.07 Å².